The average molecular weight is 262 g/mol. The summed E-state index contributed by atoms with van der Waals surface area (Å²) in [5.74, 6) is -0.128. The quantitative estimate of drug-likeness (QED) is 0.268. The molecule has 0 radical (unpaired) electrons. The zero-order chi connectivity index (χ0) is 13.8. The summed E-state index contributed by atoms with van der Waals surface area (Å²) >= 11 is 0. The molecule has 3 N–H and O–H groups in total. The van der Waals surface area contributed by atoms with Crippen LogP contribution < -0.4 is 5.73 Å². The number of nitrogens with two attached hydrogens (primary N) is 1. The van der Waals surface area contributed by atoms with Crippen molar-refractivity contribution < 1.29 is 10.1 Å². The van der Waals surface area contributed by atoms with E-state index >= 15 is 0 Å². The van der Waals surface area contributed by atoms with Gasteiger partial charge in [-0.1, -0.05) is 11.2 Å². The van der Waals surface area contributed by atoms with Crippen LogP contribution in [-0.2, 0) is 6.54 Å². The summed E-state index contributed by atoms with van der Waals surface area (Å²) in [6.45, 7) is 0.229. The lowest BCUT2D eigenvalue weighted by Gasteiger charge is -2.06. The number of hydrogen-bond donors (Lipinski definition) is 2. The van der Waals surface area contributed by atoms with Crippen LogP contribution in [0.15, 0.2) is 35.9 Å². The summed E-state index contributed by atoms with van der Waals surface area (Å²) in [7, 11) is 0. The highest BCUT2D eigenvalue weighted by atomic mass is 16.6. The first-order valence-corrected chi connectivity index (χ1v) is 5.20. The lowest BCUT2D eigenvalue weighted by molar-refractivity contribution is -0.385. The van der Waals surface area contributed by atoms with Crippen LogP contribution in [0, 0.1) is 10.1 Å². The van der Waals surface area contributed by atoms with E-state index in [1.165, 1.54) is 17.1 Å². The van der Waals surface area contributed by atoms with E-state index in [-0.39, 0.29) is 18.1 Å². The predicted octanol–water partition coefficient (Wildman–Crippen LogP) is 0.329. The molecule has 0 amide bonds. The van der Waals surface area contributed by atoms with Crippen LogP contribution in [0.1, 0.15) is 11.3 Å². The van der Waals surface area contributed by atoms with E-state index in [9.17, 15) is 10.1 Å². The second-order valence-electron chi connectivity index (χ2n) is 3.65. The zero-order valence-corrected chi connectivity index (χ0v) is 9.67. The van der Waals surface area contributed by atoms with Gasteiger partial charge in [-0.3, -0.25) is 19.8 Å². The Balaban J connectivity index is 2.30. The molecule has 0 fully saturated rings. The van der Waals surface area contributed by atoms with Gasteiger partial charge in [0.1, 0.15) is 18.1 Å². The third-order valence-electron chi connectivity index (χ3n) is 2.40. The molecular weight excluding hydrogens is 252 g/mol. The van der Waals surface area contributed by atoms with E-state index in [2.05, 4.69) is 15.2 Å². The first-order chi connectivity index (χ1) is 9.11. The Bertz CT molecular complexity index is 636. The summed E-state index contributed by atoms with van der Waals surface area (Å²) in [5.41, 5.74) is 6.34. The van der Waals surface area contributed by atoms with Crippen LogP contribution in [-0.4, -0.2) is 30.7 Å². The molecule has 0 spiro atoms. The van der Waals surface area contributed by atoms with Crippen molar-refractivity contribution in [3.05, 3.63) is 52.1 Å². The average Bonchev–Trinajstić information content (AvgIpc) is 2.87. The molecule has 0 aliphatic heterocycles. The number of nitro groups is 1. The normalized spacial score (nSPS) is 11.5. The summed E-state index contributed by atoms with van der Waals surface area (Å²) < 4.78 is 1.38. The van der Waals surface area contributed by atoms with Crippen LogP contribution in [0.3, 0.4) is 0 Å². The van der Waals surface area contributed by atoms with Crippen molar-refractivity contribution in [1.29, 1.82) is 0 Å². The number of pyridine rings is 1. The van der Waals surface area contributed by atoms with Crippen LogP contribution >= 0.6 is 0 Å². The van der Waals surface area contributed by atoms with Gasteiger partial charge in [0, 0.05) is 11.8 Å². The van der Waals surface area contributed by atoms with Crippen LogP contribution in [0.4, 0.5) is 5.69 Å². The molecule has 98 valence electrons. The first-order valence-electron chi connectivity index (χ1n) is 5.20. The van der Waals surface area contributed by atoms with Crippen molar-refractivity contribution in [3.8, 4) is 0 Å². The van der Waals surface area contributed by atoms with E-state index in [4.69, 9.17) is 10.9 Å². The standard InChI is InChI=1S/C10H10N6O3/c11-10(14-17)9-7(2-1-3-12-9)5-15-6-8(4-13-15)16(18)19/h1-4,6,17H,5H2,(H2,11,14). The fourth-order valence-corrected chi connectivity index (χ4v) is 1.55. The van der Waals surface area contributed by atoms with Gasteiger partial charge in [-0.05, 0) is 6.07 Å². The predicted molar refractivity (Wildman–Crippen MR) is 64.7 cm³/mol. The number of rotatable bonds is 4. The minimum atomic E-state index is -0.531. The molecule has 2 heterocycles. The number of oxime groups is 1. The van der Waals surface area contributed by atoms with Gasteiger partial charge in [0.15, 0.2) is 5.84 Å². The van der Waals surface area contributed by atoms with E-state index in [1.54, 1.807) is 12.1 Å². The van der Waals surface area contributed by atoms with E-state index < -0.39 is 4.92 Å². The number of hydrogen-bond acceptors (Lipinski definition) is 6. The lowest BCUT2D eigenvalue weighted by Crippen LogP contribution is -2.18. The minimum absolute atomic E-state index is 0.103. The second kappa shape index (κ2) is 5.12. The van der Waals surface area contributed by atoms with E-state index in [0.29, 0.717) is 11.3 Å². The van der Waals surface area contributed by atoms with Crippen molar-refractivity contribution >= 4 is 11.5 Å². The fraction of sp³-hybridized carbons (Fsp3) is 0.100. The van der Waals surface area contributed by atoms with Crippen molar-refractivity contribution in [2.24, 2.45) is 10.9 Å². The number of nitrogens with zero attached hydrogens (tertiary/aromatic N) is 5. The molecule has 0 saturated heterocycles. The lowest BCUT2D eigenvalue weighted by atomic mass is 10.2. The summed E-state index contributed by atoms with van der Waals surface area (Å²) in [4.78, 5) is 14.0. The van der Waals surface area contributed by atoms with Gasteiger partial charge in [-0.25, -0.2) is 0 Å². The molecule has 9 nitrogen and oxygen atoms in total. The van der Waals surface area contributed by atoms with Gasteiger partial charge < -0.3 is 10.9 Å². The summed E-state index contributed by atoms with van der Waals surface area (Å²) in [6.07, 6.45) is 3.95. The van der Waals surface area contributed by atoms with Crippen LogP contribution in [0.5, 0.6) is 0 Å². The number of amidine groups is 1. The van der Waals surface area contributed by atoms with Gasteiger partial charge in [0.25, 0.3) is 0 Å². The molecule has 0 saturated carbocycles. The van der Waals surface area contributed by atoms with Crippen molar-refractivity contribution in [3.63, 3.8) is 0 Å². The highest BCUT2D eigenvalue weighted by Crippen LogP contribution is 2.11. The van der Waals surface area contributed by atoms with E-state index in [1.807, 2.05) is 0 Å². The van der Waals surface area contributed by atoms with Crippen molar-refractivity contribution in [2.45, 2.75) is 6.54 Å². The largest absolute Gasteiger partial charge is 0.409 e. The van der Waals surface area contributed by atoms with Gasteiger partial charge >= 0.3 is 5.69 Å². The Morgan fingerprint density at radius 2 is 2.42 bits per heavy atom. The summed E-state index contributed by atoms with van der Waals surface area (Å²) in [5, 5.41) is 26.0. The molecule has 0 atom stereocenters. The maximum atomic E-state index is 10.6. The summed E-state index contributed by atoms with van der Waals surface area (Å²) in [6, 6.07) is 3.40. The van der Waals surface area contributed by atoms with E-state index in [0.717, 1.165) is 6.20 Å². The SMILES string of the molecule is N/C(=N/O)c1ncccc1Cn1cc([N+](=O)[O-])cn1. The van der Waals surface area contributed by atoms with Crippen molar-refractivity contribution in [2.75, 3.05) is 0 Å². The first kappa shape index (κ1) is 12.5. The topological polar surface area (TPSA) is 132 Å². The van der Waals surface area contributed by atoms with Gasteiger partial charge in [0.2, 0.25) is 0 Å². The highest BCUT2D eigenvalue weighted by Gasteiger charge is 2.12. The van der Waals surface area contributed by atoms with Gasteiger partial charge in [-0.15, -0.1) is 0 Å². The highest BCUT2D eigenvalue weighted by molar-refractivity contribution is 5.96. The smallest absolute Gasteiger partial charge is 0.307 e. The third-order valence-corrected chi connectivity index (χ3v) is 2.40. The minimum Gasteiger partial charge on any atom is -0.409 e. The molecular formula is C10H10N6O3. The maximum Gasteiger partial charge on any atom is 0.307 e. The van der Waals surface area contributed by atoms with Gasteiger partial charge in [0.05, 0.1) is 11.5 Å². The molecule has 0 aliphatic rings. The third kappa shape index (κ3) is 2.65. The van der Waals surface area contributed by atoms with Gasteiger partial charge in [-0.2, -0.15) is 5.10 Å². The molecule has 2 rings (SSSR count). The van der Waals surface area contributed by atoms with Crippen LogP contribution in [0.2, 0.25) is 0 Å². The fourth-order valence-electron chi connectivity index (χ4n) is 1.55. The maximum absolute atomic E-state index is 10.6. The Morgan fingerprint density at radius 1 is 1.63 bits per heavy atom. The molecule has 0 bridgehead atoms. The molecule has 2 aromatic rings. The molecule has 0 unspecified atom stereocenters. The number of aromatic nitrogens is 3. The second-order valence-corrected chi connectivity index (χ2v) is 3.65. The molecule has 2 aromatic heterocycles. The van der Waals surface area contributed by atoms with Crippen molar-refractivity contribution in [1.82, 2.24) is 14.8 Å². The van der Waals surface area contributed by atoms with Crippen LogP contribution in [0.25, 0.3) is 0 Å². The Hall–Kier alpha value is -2.97. The Kier molecular flexibility index (Phi) is 3.37. The molecule has 19 heavy (non-hydrogen) atoms. The zero-order valence-electron chi connectivity index (χ0n) is 9.67. The Labute approximate surface area is 107 Å². The molecule has 0 aliphatic carbocycles. The monoisotopic (exact) mass is 262 g/mol. The Morgan fingerprint density at radius 3 is 3.05 bits per heavy atom. The molecule has 0 aromatic carbocycles. The molecule has 9 heteroatoms.